The molecule has 1 aromatic rings. The van der Waals surface area contributed by atoms with E-state index in [1.54, 1.807) is 4.90 Å². The van der Waals surface area contributed by atoms with Crippen molar-refractivity contribution in [1.82, 2.24) is 4.90 Å². The first-order valence-electron chi connectivity index (χ1n) is 5.98. The molecule has 1 unspecified atom stereocenters. The van der Waals surface area contributed by atoms with E-state index in [0.717, 1.165) is 31.0 Å². The summed E-state index contributed by atoms with van der Waals surface area (Å²) in [6.45, 7) is 0.744. The Morgan fingerprint density at radius 3 is 2.89 bits per heavy atom. The number of hydrogen-bond donors (Lipinski definition) is 1. The molecule has 1 saturated heterocycles. The maximum atomic E-state index is 13.5. The number of halogens is 2. The van der Waals surface area contributed by atoms with E-state index in [-0.39, 0.29) is 12.1 Å². The molecule has 1 fully saturated rings. The summed E-state index contributed by atoms with van der Waals surface area (Å²) in [6.07, 6.45) is 2.31. The first-order chi connectivity index (χ1) is 8.58. The van der Waals surface area contributed by atoms with Crippen LogP contribution in [0.4, 0.5) is 8.78 Å². The van der Waals surface area contributed by atoms with Gasteiger partial charge in [-0.2, -0.15) is 0 Å². The van der Waals surface area contributed by atoms with Crippen LogP contribution in [-0.2, 0) is 11.3 Å². The number of carboxylic acid groups (broad SMARTS) is 1. The SMILES string of the molecule is O=C(O)C1CCCCN1Cc1cc(F)ccc1F. The smallest absolute Gasteiger partial charge is 0.320 e. The summed E-state index contributed by atoms with van der Waals surface area (Å²) in [6, 6.07) is 2.66. The number of piperidine rings is 1. The zero-order valence-corrected chi connectivity index (χ0v) is 9.90. The molecule has 0 aromatic heterocycles. The lowest BCUT2D eigenvalue weighted by Gasteiger charge is -2.32. The van der Waals surface area contributed by atoms with Crippen LogP contribution in [0.25, 0.3) is 0 Å². The zero-order chi connectivity index (χ0) is 13.1. The van der Waals surface area contributed by atoms with Crippen molar-refractivity contribution < 1.29 is 18.7 Å². The molecule has 1 aliphatic heterocycles. The highest BCUT2D eigenvalue weighted by Crippen LogP contribution is 2.21. The second kappa shape index (κ2) is 5.44. The van der Waals surface area contributed by atoms with Gasteiger partial charge in [0.25, 0.3) is 0 Å². The number of hydrogen-bond acceptors (Lipinski definition) is 2. The second-order valence-corrected chi connectivity index (χ2v) is 4.56. The van der Waals surface area contributed by atoms with Crippen molar-refractivity contribution in [3.05, 3.63) is 35.4 Å². The van der Waals surface area contributed by atoms with Gasteiger partial charge < -0.3 is 5.11 Å². The maximum absolute atomic E-state index is 13.5. The molecule has 0 amide bonds. The molecule has 0 spiro atoms. The Kier molecular flexibility index (Phi) is 3.91. The molecular formula is C13H15F2NO2. The number of aliphatic carboxylic acids is 1. The average molecular weight is 255 g/mol. The number of rotatable bonds is 3. The van der Waals surface area contributed by atoms with Crippen molar-refractivity contribution >= 4 is 5.97 Å². The minimum atomic E-state index is -0.897. The summed E-state index contributed by atoms with van der Waals surface area (Å²) in [5.41, 5.74) is 0.211. The van der Waals surface area contributed by atoms with Gasteiger partial charge in [-0.1, -0.05) is 6.42 Å². The molecule has 1 aliphatic rings. The normalized spacial score (nSPS) is 20.9. The van der Waals surface area contributed by atoms with Crippen molar-refractivity contribution in [1.29, 1.82) is 0 Å². The number of likely N-dealkylation sites (tertiary alicyclic amines) is 1. The monoisotopic (exact) mass is 255 g/mol. The van der Waals surface area contributed by atoms with Gasteiger partial charge in [-0.3, -0.25) is 9.69 Å². The molecule has 1 N–H and O–H groups in total. The van der Waals surface area contributed by atoms with Crippen molar-refractivity contribution in [3.63, 3.8) is 0 Å². The third-order valence-electron chi connectivity index (χ3n) is 3.28. The van der Waals surface area contributed by atoms with Crippen molar-refractivity contribution in [2.24, 2.45) is 0 Å². The van der Waals surface area contributed by atoms with Crippen LogP contribution in [0.15, 0.2) is 18.2 Å². The van der Waals surface area contributed by atoms with Crippen LogP contribution < -0.4 is 0 Å². The summed E-state index contributed by atoms with van der Waals surface area (Å²) in [4.78, 5) is 12.8. The van der Waals surface area contributed by atoms with Gasteiger partial charge in [0.2, 0.25) is 0 Å². The minimum Gasteiger partial charge on any atom is -0.480 e. The van der Waals surface area contributed by atoms with Gasteiger partial charge in [0, 0.05) is 12.1 Å². The summed E-state index contributed by atoms with van der Waals surface area (Å²) >= 11 is 0. The Bertz CT molecular complexity index is 451. The van der Waals surface area contributed by atoms with Crippen LogP contribution in [0.3, 0.4) is 0 Å². The standard InChI is InChI=1S/C13H15F2NO2/c14-10-4-5-11(15)9(7-10)8-16-6-2-1-3-12(16)13(17)18/h4-5,7,12H,1-3,6,8H2,(H,17,18). The van der Waals surface area contributed by atoms with Crippen LogP contribution in [0, 0.1) is 11.6 Å². The third kappa shape index (κ3) is 2.85. The maximum Gasteiger partial charge on any atom is 0.320 e. The number of carboxylic acids is 1. The molecule has 98 valence electrons. The van der Waals surface area contributed by atoms with E-state index in [1.807, 2.05) is 0 Å². The van der Waals surface area contributed by atoms with Gasteiger partial charge in [-0.05, 0) is 37.6 Å². The topological polar surface area (TPSA) is 40.5 Å². The highest BCUT2D eigenvalue weighted by Gasteiger charge is 2.28. The summed E-state index contributed by atoms with van der Waals surface area (Å²) in [5, 5.41) is 9.10. The van der Waals surface area contributed by atoms with E-state index in [2.05, 4.69) is 0 Å². The lowest BCUT2D eigenvalue weighted by molar-refractivity contribution is -0.144. The molecule has 1 heterocycles. The molecule has 1 aromatic carbocycles. The van der Waals surface area contributed by atoms with Crippen molar-refractivity contribution in [3.8, 4) is 0 Å². The molecule has 1 atom stereocenters. The largest absolute Gasteiger partial charge is 0.480 e. The van der Waals surface area contributed by atoms with E-state index in [0.29, 0.717) is 13.0 Å². The van der Waals surface area contributed by atoms with E-state index in [1.165, 1.54) is 0 Å². The molecule has 0 radical (unpaired) electrons. The van der Waals surface area contributed by atoms with E-state index >= 15 is 0 Å². The van der Waals surface area contributed by atoms with Crippen LogP contribution in [0.5, 0.6) is 0 Å². The minimum absolute atomic E-state index is 0.139. The molecule has 3 nitrogen and oxygen atoms in total. The molecule has 0 saturated carbocycles. The Labute approximate surface area is 104 Å². The van der Waals surface area contributed by atoms with Gasteiger partial charge in [-0.15, -0.1) is 0 Å². The Hall–Kier alpha value is -1.49. The molecular weight excluding hydrogens is 240 g/mol. The summed E-state index contributed by atoms with van der Waals surface area (Å²) < 4.78 is 26.6. The van der Waals surface area contributed by atoms with E-state index < -0.39 is 23.6 Å². The first kappa shape index (κ1) is 13.0. The fourth-order valence-electron chi connectivity index (χ4n) is 2.34. The third-order valence-corrected chi connectivity index (χ3v) is 3.28. The highest BCUT2D eigenvalue weighted by atomic mass is 19.1. The lowest BCUT2D eigenvalue weighted by Crippen LogP contribution is -2.44. The summed E-state index contributed by atoms with van der Waals surface area (Å²) in [5.74, 6) is -1.90. The van der Waals surface area contributed by atoms with Gasteiger partial charge >= 0.3 is 5.97 Å². The average Bonchev–Trinajstić information content (AvgIpc) is 2.34. The predicted molar refractivity (Wildman–Crippen MR) is 62.0 cm³/mol. The van der Waals surface area contributed by atoms with Crippen molar-refractivity contribution in [2.75, 3.05) is 6.54 Å². The Morgan fingerprint density at radius 1 is 1.39 bits per heavy atom. The number of benzene rings is 1. The van der Waals surface area contributed by atoms with Crippen LogP contribution in [-0.4, -0.2) is 28.6 Å². The fourth-order valence-corrected chi connectivity index (χ4v) is 2.34. The zero-order valence-electron chi connectivity index (χ0n) is 9.90. The Balaban J connectivity index is 2.15. The predicted octanol–water partition coefficient (Wildman–Crippen LogP) is 2.40. The number of nitrogens with zero attached hydrogens (tertiary/aromatic N) is 1. The quantitative estimate of drug-likeness (QED) is 0.901. The number of carbonyl (C=O) groups is 1. The lowest BCUT2D eigenvalue weighted by atomic mass is 10.0. The van der Waals surface area contributed by atoms with Gasteiger partial charge in [0.15, 0.2) is 0 Å². The fraction of sp³-hybridized carbons (Fsp3) is 0.462. The van der Waals surface area contributed by atoms with E-state index in [9.17, 15) is 13.6 Å². The molecule has 0 bridgehead atoms. The first-order valence-corrected chi connectivity index (χ1v) is 5.98. The van der Waals surface area contributed by atoms with Crippen LogP contribution >= 0.6 is 0 Å². The van der Waals surface area contributed by atoms with Gasteiger partial charge in [0.1, 0.15) is 17.7 Å². The molecule has 5 heteroatoms. The molecule has 2 rings (SSSR count). The summed E-state index contributed by atoms with van der Waals surface area (Å²) in [7, 11) is 0. The van der Waals surface area contributed by atoms with E-state index in [4.69, 9.17) is 5.11 Å². The van der Waals surface area contributed by atoms with Crippen molar-refractivity contribution in [2.45, 2.75) is 31.8 Å². The molecule has 0 aliphatic carbocycles. The van der Waals surface area contributed by atoms with Crippen LogP contribution in [0.2, 0.25) is 0 Å². The van der Waals surface area contributed by atoms with Gasteiger partial charge in [-0.25, -0.2) is 8.78 Å². The Morgan fingerprint density at radius 2 is 2.17 bits per heavy atom. The molecule has 18 heavy (non-hydrogen) atoms. The highest BCUT2D eigenvalue weighted by molar-refractivity contribution is 5.73. The van der Waals surface area contributed by atoms with Gasteiger partial charge in [0.05, 0.1) is 0 Å². The second-order valence-electron chi connectivity index (χ2n) is 4.56. The van der Waals surface area contributed by atoms with Crippen LogP contribution in [0.1, 0.15) is 24.8 Å².